The van der Waals surface area contributed by atoms with Crippen molar-refractivity contribution >= 4 is 12.2 Å². The summed E-state index contributed by atoms with van der Waals surface area (Å²) in [6, 6.07) is 2.94. The van der Waals surface area contributed by atoms with Crippen molar-refractivity contribution in [2.45, 2.75) is 77.2 Å². The van der Waals surface area contributed by atoms with Gasteiger partial charge in [-0.15, -0.1) is 0 Å². The van der Waals surface area contributed by atoms with Crippen LogP contribution >= 0.6 is 0 Å². The Labute approximate surface area is 226 Å². The molecule has 1 fully saturated rings. The molecule has 0 spiro atoms. The van der Waals surface area contributed by atoms with E-state index in [1.54, 1.807) is 30.4 Å². The number of amides is 2. The highest BCUT2D eigenvalue weighted by atomic mass is 19.4. The zero-order valence-corrected chi connectivity index (χ0v) is 22.2. The molecule has 220 valence electrons. The van der Waals surface area contributed by atoms with Gasteiger partial charge in [0.15, 0.2) is 0 Å². The maximum absolute atomic E-state index is 13.1. The SMILES string of the molecule is CC(C)(C)OC(=O)N1CCC(c2cc3n(n2)CCCN(C(=O)OCc2cc(C(F)(F)F)cc(C(F)(F)F)c2)C3)C1. The largest absolute Gasteiger partial charge is 0.445 e. The van der Waals surface area contributed by atoms with Crippen LogP contribution in [0.1, 0.15) is 67.6 Å². The predicted molar refractivity (Wildman–Crippen MR) is 129 cm³/mol. The molecule has 0 radical (unpaired) electrons. The second-order valence-corrected chi connectivity index (χ2v) is 10.9. The number of hydrogen-bond donors (Lipinski definition) is 0. The van der Waals surface area contributed by atoms with Gasteiger partial charge in [-0.3, -0.25) is 4.68 Å². The highest BCUT2D eigenvalue weighted by molar-refractivity contribution is 5.69. The van der Waals surface area contributed by atoms with Crippen LogP contribution in [0.4, 0.5) is 35.9 Å². The van der Waals surface area contributed by atoms with Gasteiger partial charge in [-0.05, 0) is 63.4 Å². The second-order valence-electron chi connectivity index (χ2n) is 10.9. The summed E-state index contributed by atoms with van der Waals surface area (Å²) in [5.41, 5.74) is -2.51. The number of carbonyl (C=O) groups excluding carboxylic acids is 2. The molecule has 4 rings (SSSR count). The Bertz CT molecular complexity index is 1220. The van der Waals surface area contributed by atoms with Gasteiger partial charge in [-0.1, -0.05) is 0 Å². The summed E-state index contributed by atoms with van der Waals surface area (Å²) in [6.45, 7) is 6.46. The molecule has 1 atom stereocenters. The van der Waals surface area contributed by atoms with E-state index in [2.05, 4.69) is 5.10 Å². The summed E-state index contributed by atoms with van der Waals surface area (Å²) in [7, 11) is 0. The van der Waals surface area contributed by atoms with Crippen molar-refractivity contribution < 1.29 is 45.4 Å². The minimum absolute atomic E-state index is 0.0175. The molecule has 8 nitrogen and oxygen atoms in total. The van der Waals surface area contributed by atoms with E-state index in [9.17, 15) is 35.9 Å². The van der Waals surface area contributed by atoms with Crippen molar-refractivity contribution in [1.82, 2.24) is 19.6 Å². The lowest BCUT2D eigenvalue weighted by Crippen LogP contribution is -2.35. The molecule has 2 aliphatic rings. The Hall–Kier alpha value is -3.45. The minimum atomic E-state index is -5.00. The van der Waals surface area contributed by atoms with E-state index in [-0.39, 0.29) is 25.1 Å². The summed E-state index contributed by atoms with van der Waals surface area (Å²) in [5.74, 6) is -0.0175. The van der Waals surface area contributed by atoms with Gasteiger partial charge < -0.3 is 19.3 Å². The molecule has 40 heavy (non-hydrogen) atoms. The lowest BCUT2D eigenvalue weighted by Gasteiger charge is -2.24. The number of alkyl halides is 6. The predicted octanol–water partition coefficient (Wildman–Crippen LogP) is 6.19. The molecule has 0 bridgehead atoms. The highest BCUT2D eigenvalue weighted by Crippen LogP contribution is 2.36. The molecule has 0 aliphatic carbocycles. The Morgan fingerprint density at radius 3 is 2.15 bits per heavy atom. The zero-order chi connectivity index (χ0) is 29.5. The minimum Gasteiger partial charge on any atom is -0.445 e. The van der Waals surface area contributed by atoms with Crippen molar-refractivity contribution in [2.24, 2.45) is 0 Å². The molecular weight excluding hydrogens is 546 g/mol. The highest BCUT2D eigenvalue weighted by Gasteiger charge is 2.37. The lowest BCUT2D eigenvalue weighted by atomic mass is 10.1. The number of halogens is 6. The number of hydrogen-bond acceptors (Lipinski definition) is 5. The Balaban J connectivity index is 1.40. The van der Waals surface area contributed by atoms with Crippen LogP contribution in [0, 0.1) is 0 Å². The second kappa shape index (κ2) is 10.8. The van der Waals surface area contributed by atoms with Crippen LogP contribution in [-0.4, -0.2) is 57.0 Å². The van der Waals surface area contributed by atoms with Gasteiger partial charge in [-0.2, -0.15) is 31.4 Å². The molecule has 2 aliphatic heterocycles. The average molecular weight is 577 g/mol. The van der Waals surface area contributed by atoms with Crippen LogP contribution in [0.15, 0.2) is 24.3 Å². The van der Waals surface area contributed by atoms with Gasteiger partial charge in [0.1, 0.15) is 12.2 Å². The summed E-state index contributed by atoms with van der Waals surface area (Å²) >= 11 is 0. The fourth-order valence-corrected chi connectivity index (χ4v) is 4.67. The monoisotopic (exact) mass is 576 g/mol. The number of nitrogens with zero attached hydrogens (tertiary/aromatic N) is 4. The molecule has 1 saturated heterocycles. The standard InChI is InChI=1S/C26H30F6N4O4/c1-24(2,3)40-23(38)35-8-5-17(13-35)21-12-20-14-34(6-4-7-36(20)33-21)22(37)39-15-16-9-18(25(27,28)29)11-19(10-16)26(30,31)32/h9-12,17H,4-8,13-15H2,1-3H3. The molecular formula is C26H30F6N4O4. The number of carbonyl (C=O) groups is 2. The molecule has 1 unspecified atom stereocenters. The van der Waals surface area contributed by atoms with Gasteiger partial charge in [0, 0.05) is 32.1 Å². The molecule has 3 heterocycles. The first-order valence-electron chi connectivity index (χ1n) is 12.7. The summed E-state index contributed by atoms with van der Waals surface area (Å²) < 4.78 is 91.1. The lowest BCUT2D eigenvalue weighted by molar-refractivity contribution is -0.143. The molecule has 1 aromatic carbocycles. The molecule has 1 aromatic heterocycles. The van der Waals surface area contributed by atoms with Crippen LogP contribution in [-0.2, 0) is 41.5 Å². The number of ether oxygens (including phenoxy) is 2. The number of likely N-dealkylation sites (tertiary alicyclic amines) is 1. The van der Waals surface area contributed by atoms with Crippen LogP contribution in [0.3, 0.4) is 0 Å². The van der Waals surface area contributed by atoms with E-state index < -0.39 is 53.4 Å². The van der Waals surface area contributed by atoms with Gasteiger partial charge in [0.2, 0.25) is 0 Å². The Morgan fingerprint density at radius 1 is 0.900 bits per heavy atom. The maximum Gasteiger partial charge on any atom is 0.416 e. The smallest absolute Gasteiger partial charge is 0.416 e. The van der Waals surface area contributed by atoms with E-state index in [1.165, 1.54) is 4.90 Å². The van der Waals surface area contributed by atoms with E-state index in [4.69, 9.17) is 9.47 Å². The van der Waals surface area contributed by atoms with Gasteiger partial charge in [0.05, 0.1) is 29.1 Å². The quantitative estimate of drug-likeness (QED) is 0.408. The van der Waals surface area contributed by atoms with Crippen molar-refractivity contribution in [1.29, 1.82) is 0 Å². The maximum atomic E-state index is 13.1. The van der Waals surface area contributed by atoms with E-state index in [0.29, 0.717) is 50.3 Å². The van der Waals surface area contributed by atoms with E-state index in [0.717, 1.165) is 5.69 Å². The number of rotatable bonds is 3. The van der Waals surface area contributed by atoms with Crippen molar-refractivity contribution in [3.8, 4) is 0 Å². The zero-order valence-electron chi connectivity index (χ0n) is 22.2. The van der Waals surface area contributed by atoms with E-state index in [1.807, 2.05) is 6.07 Å². The summed E-state index contributed by atoms with van der Waals surface area (Å²) in [4.78, 5) is 28.1. The van der Waals surface area contributed by atoms with Gasteiger partial charge in [-0.25, -0.2) is 9.59 Å². The number of aryl methyl sites for hydroxylation is 1. The number of benzene rings is 1. The Morgan fingerprint density at radius 2 is 1.55 bits per heavy atom. The number of aromatic nitrogens is 2. The first-order valence-corrected chi connectivity index (χ1v) is 12.7. The average Bonchev–Trinajstić information content (AvgIpc) is 3.43. The fourth-order valence-electron chi connectivity index (χ4n) is 4.67. The first-order chi connectivity index (χ1) is 18.5. The number of fused-ring (bicyclic) bond motifs is 1. The van der Waals surface area contributed by atoms with Crippen LogP contribution < -0.4 is 0 Å². The molecule has 0 saturated carbocycles. The van der Waals surface area contributed by atoms with Crippen molar-refractivity contribution in [3.05, 3.63) is 52.3 Å². The molecule has 2 aromatic rings. The molecule has 14 heteroatoms. The van der Waals surface area contributed by atoms with Gasteiger partial charge in [0.25, 0.3) is 0 Å². The van der Waals surface area contributed by atoms with Crippen molar-refractivity contribution in [3.63, 3.8) is 0 Å². The Kier molecular flexibility index (Phi) is 8.01. The molecule has 0 N–H and O–H groups in total. The third-order valence-electron chi connectivity index (χ3n) is 6.56. The normalized spacial score (nSPS) is 18.4. The van der Waals surface area contributed by atoms with Crippen LogP contribution in [0.2, 0.25) is 0 Å². The van der Waals surface area contributed by atoms with Crippen LogP contribution in [0.5, 0.6) is 0 Å². The van der Waals surface area contributed by atoms with Crippen molar-refractivity contribution in [2.75, 3.05) is 19.6 Å². The topological polar surface area (TPSA) is 76.9 Å². The molecule has 2 amide bonds. The first kappa shape index (κ1) is 29.5. The van der Waals surface area contributed by atoms with E-state index >= 15 is 0 Å². The fraction of sp³-hybridized carbons (Fsp3) is 0.577. The third kappa shape index (κ3) is 7.19. The summed E-state index contributed by atoms with van der Waals surface area (Å²) in [5, 5.41) is 4.66. The third-order valence-corrected chi connectivity index (χ3v) is 6.56. The summed E-state index contributed by atoms with van der Waals surface area (Å²) in [6.07, 6.45) is -10.0. The van der Waals surface area contributed by atoms with Gasteiger partial charge >= 0.3 is 24.5 Å². The van der Waals surface area contributed by atoms with Crippen LogP contribution in [0.25, 0.3) is 0 Å².